The summed E-state index contributed by atoms with van der Waals surface area (Å²) in [6.07, 6.45) is 2.68. The lowest BCUT2D eigenvalue weighted by molar-refractivity contribution is -0.132. The Bertz CT molecular complexity index is 767. The zero-order valence-electron chi connectivity index (χ0n) is 16.0. The van der Waals surface area contributed by atoms with E-state index in [2.05, 4.69) is 10.3 Å². The van der Waals surface area contributed by atoms with Crippen molar-refractivity contribution in [3.05, 3.63) is 52.0 Å². The van der Waals surface area contributed by atoms with Gasteiger partial charge in [-0.3, -0.25) is 9.59 Å². The van der Waals surface area contributed by atoms with Crippen LogP contribution in [0.1, 0.15) is 48.5 Å². The summed E-state index contributed by atoms with van der Waals surface area (Å²) in [6.45, 7) is 5.42. The predicted octanol–water partition coefficient (Wildman–Crippen LogP) is 3.50. The summed E-state index contributed by atoms with van der Waals surface area (Å²) in [5, 5.41) is 6.04. The molecule has 1 aliphatic heterocycles. The number of carbonyl (C=O) groups excluding carboxylic acids is 2. The number of likely N-dealkylation sites (tertiary alicyclic amines) is 1. The molecule has 1 aliphatic rings. The van der Waals surface area contributed by atoms with Crippen molar-refractivity contribution in [1.82, 2.24) is 15.2 Å². The van der Waals surface area contributed by atoms with Gasteiger partial charge in [0.15, 0.2) is 0 Å². The van der Waals surface area contributed by atoms with Crippen molar-refractivity contribution in [3.8, 4) is 0 Å². The summed E-state index contributed by atoms with van der Waals surface area (Å²) < 4.78 is 0. The van der Waals surface area contributed by atoms with Crippen molar-refractivity contribution in [2.24, 2.45) is 5.92 Å². The molecular formula is C21H27N3O2S. The molecule has 0 bridgehead atoms. The van der Waals surface area contributed by atoms with Gasteiger partial charge in [-0.1, -0.05) is 30.3 Å². The molecule has 0 unspecified atom stereocenters. The van der Waals surface area contributed by atoms with Gasteiger partial charge in [-0.05, 0) is 38.2 Å². The molecule has 144 valence electrons. The smallest absolute Gasteiger partial charge is 0.228 e. The molecule has 0 spiro atoms. The number of aromatic nitrogens is 1. The number of carbonyl (C=O) groups is 2. The first-order valence-corrected chi connectivity index (χ1v) is 10.4. The first-order valence-electron chi connectivity index (χ1n) is 9.54. The second-order valence-corrected chi connectivity index (χ2v) is 8.33. The third-order valence-corrected chi connectivity index (χ3v) is 5.94. The van der Waals surface area contributed by atoms with Gasteiger partial charge in [-0.25, -0.2) is 4.98 Å². The van der Waals surface area contributed by atoms with Crippen LogP contribution >= 0.6 is 11.3 Å². The maximum absolute atomic E-state index is 12.4. The van der Waals surface area contributed by atoms with Crippen molar-refractivity contribution in [3.63, 3.8) is 0 Å². The Morgan fingerprint density at radius 3 is 2.59 bits per heavy atom. The summed E-state index contributed by atoms with van der Waals surface area (Å²) in [5.74, 6) is 0.577. The van der Waals surface area contributed by atoms with Gasteiger partial charge in [0.05, 0.1) is 23.2 Å². The van der Waals surface area contributed by atoms with E-state index in [4.69, 9.17) is 0 Å². The molecule has 1 N–H and O–H groups in total. The zero-order chi connectivity index (χ0) is 19.2. The number of hydrogen-bond acceptors (Lipinski definition) is 4. The number of nitrogens with one attached hydrogen (secondary N) is 1. The van der Waals surface area contributed by atoms with Gasteiger partial charge in [0.25, 0.3) is 0 Å². The minimum atomic E-state index is 0.0157. The van der Waals surface area contributed by atoms with Crippen molar-refractivity contribution >= 4 is 23.2 Å². The van der Waals surface area contributed by atoms with E-state index in [9.17, 15) is 9.59 Å². The first-order chi connectivity index (χ1) is 13.0. The molecule has 1 aromatic heterocycles. The number of rotatable bonds is 6. The molecule has 5 nitrogen and oxygen atoms in total. The second-order valence-electron chi connectivity index (χ2n) is 7.26. The van der Waals surface area contributed by atoms with Crippen LogP contribution in [0.3, 0.4) is 0 Å². The Labute approximate surface area is 164 Å². The van der Waals surface area contributed by atoms with E-state index < -0.39 is 0 Å². The Morgan fingerprint density at radius 2 is 1.96 bits per heavy atom. The summed E-state index contributed by atoms with van der Waals surface area (Å²) in [7, 11) is 0. The highest BCUT2D eigenvalue weighted by Crippen LogP contribution is 2.22. The summed E-state index contributed by atoms with van der Waals surface area (Å²) in [5.41, 5.74) is 1.97. The molecule has 0 radical (unpaired) electrons. The van der Waals surface area contributed by atoms with Gasteiger partial charge < -0.3 is 10.2 Å². The van der Waals surface area contributed by atoms with Gasteiger partial charge in [0.2, 0.25) is 11.8 Å². The zero-order valence-corrected chi connectivity index (χ0v) is 16.8. The molecule has 6 heteroatoms. The normalized spacial score (nSPS) is 16.1. The van der Waals surface area contributed by atoms with Crippen LogP contribution in [-0.2, 0) is 16.0 Å². The lowest BCUT2D eigenvalue weighted by Gasteiger charge is -2.32. The number of hydrogen-bond donors (Lipinski definition) is 1. The van der Waals surface area contributed by atoms with Crippen LogP contribution in [0.5, 0.6) is 0 Å². The molecule has 2 amide bonds. The van der Waals surface area contributed by atoms with Crippen LogP contribution < -0.4 is 5.32 Å². The number of amides is 2. The molecule has 1 saturated heterocycles. The van der Waals surface area contributed by atoms with Gasteiger partial charge in [0.1, 0.15) is 0 Å². The second kappa shape index (κ2) is 9.13. The van der Waals surface area contributed by atoms with Gasteiger partial charge in [-0.15, -0.1) is 11.3 Å². The highest BCUT2D eigenvalue weighted by molar-refractivity contribution is 7.09. The molecule has 0 saturated carbocycles. The van der Waals surface area contributed by atoms with E-state index in [-0.39, 0.29) is 17.9 Å². The molecule has 1 atom stereocenters. The number of nitrogens with zero attached hydrogens (tertiary/aromatic N) is 2. The Morgan fingerprint density at radius 1 is 1.26 bits per heavy atom. The monoisotopic (exact) mass is 385 g/mol. The fraction of sp³-hybridized carbons (Fsp3) is 0.476. The summed E-state index contributed by atoms with van der Waals surface area (Å²) in [4.78, 5) is 31.1. The molecule has 2 heterocycles. The number of piperidine rings is 1. The number of aryl methyl sites for hydroxylation is 1. The third kappa shape index (κ3) is 5.63. The largest absolute Gasteiger partial charge is 0.350 e. The molecule has 2 aromatic rings. The quantitative estimate of drug-likeness (QED) is 0.828. The number of thiazole rings is 1. The van der Waals surface area contributed by atoms with E-state index in [1.165, 1.54) is 0 Å². The van der Waals surface area contributed by atoms with E-state index >= 15 is 0 Å². The molecule has 1 aromatic carbocycles. The third-order valence-electron chi connectivity index (χ3n) is 5.12. The van der Waals surface area contributed by atoms with E-state index in [1.807, 2.05) is 54.5 Å². The minimum Gasteiger partial charge on any atom is -0.350 e. The van der Waals surface area contributed by atoms with Crippen LogP contribution in [-0.4, -0.2) is 34.8 Å². The Hall–Kier alpha value is -2.21. The highest BCUT2D eigenvalue weighted by atomic mass is 32.1. The molecular weight excluding hydrogens is 358 g/mol. The SMILES string of the molecule is Cc1nc(CC(=O)N2CCC(CC(=O)N[C@H](C)c3ccccc3)CC2)cs1. The van der Waals surface area contributed by atoms with Gasteiger partial charge in [-0.2, -0.15) is 0 Å². The lowest BCUT2D eigenvalue weighted by atomic mass is 9.92. The average molecular weight is 386 g/mol. The summed E-state index contributed by atoms with van der Waals surface area (Å²) in [6, 6.07) is 10.0. The van der Waals surface area contributed by atoms with E-state index in [1.54, 1.807) is 11.3 Å². The standard InChI is InChI=1S/C21H27N3O2S/c1-15(18-6-4-3-5-7-18)22-20(25)12-17-8-10-24(11-9-17)21(26)13-19-14-27-16(2)23-19/h3-7,14-15,17H,8-13H2,1-2H3,(H,22,25)/t15-/m1/s1. The first kappa shape index (κ1) is 19.5. The fourth-order valence-electron chi connectivity index (χ4n) is 3.53. The van der Waals surface area contributed by atoms with Crippen molar-refractivity contribution in [2.75, 3.05) is 13.1 Å². The van der Waals surface area contributed by atoms with Crippen molar-refractivity contribution < 1.29 is 9.59 Å². The van der Waals surface area contributed by atoms with E-state index in [0.29, 0.717) is 18.8 Å². The van der Waals surface area contributed by atoms with Crippen LogP contribution in [0, 0.1) is 12.8 Å². The number of benzene rings is 1. The average Bonchev–Trinajstić information content (AvgIpc) is 3.07. The maximum atomic E-state index is 12.4. The maximum Gasteiger partial charge on any atom is 0.228 e. The lowest BCUT2D eigenvalue weighted by Crippen LogP contribution is -2.40. The fourth-order valence-corrected chi connectivity index (χ4v) is 4.14. The topological polar surface area (TPSA) is 62.3 Å². The van der Waals surface area contributed by atoms with Gasteiger partial charge in [0, 0.05) is 24.9 Å². The van der Waals surface area contributed by atoms with Crippen molar-refractivity contribution in [2.45, 2.75) is 45.6 Å². The van der Waals surface area contributed by atoms with Crippen molar-refractivity contribution in [1.29, 1.82) is 0 Å². The van der Waals surface area contributed by atoms with Gasteiger partial charge >= 0.3 is 0 Å². The minimum absolute atomic E-state index is 0.0157. The molecule has 0 aliphatic carbocycles. The molecule has 3 rings (SSSR count). The summed E-state index contributed by atoms with van der Waals surface area (Å²) >= 11 is 1.58. The van der Waals surface area contributed by atoms with E-state index in [0.717, 1.165) is 42.2 Å². The predicted molar refractivity (Wildman–Crippen MR) is 107 cm³/mol. The Balaban J connectivity index is 1.41. The van der Waals surface area contributed by atoms with Crippen LogP contribution in [0.15, 0.2) is 35.7 Å². The van der Waals surface area contributed by atoms with Crippen LogP contribution in [0.25, 0.3) is 0 Å². The highest BCUT2D eigenvalue weighted by Gasteiger charge is 2.25. The van der Waals surface area contributed by atoms with Crippen LogP contribution in [0.4, 0.5) is 0 Å². The Kier molecular flexibility index (Phi) is 6.61. The van der Waals surface area contributed by atoms with Crippen LogP contribution in [0.2, 0.25) is 0 Å². The molecule has 27 heavy (non-hydrogen) atoms. The molecule has 1 fully saturated rings.